The molecule has 416 valence electrons. The average molecular weight is 1010 g/mol. The Hall–Kier alpha value is -1.25. The molecule has 0 spiro atoms. The largest absolute Gasteiger partial charge is 0.472 e. The summed E-state index contributed by atoms with van der Waals surface area (Å²) in [5.74, 6) is -0.485. The Bertz CT molecular complexity index is 1210. The van der Waals surface area contributed by atoms with Gasteiger partial charge in [0.1, 0.15) is 19.3 Å². The number of unbranched alkanes of at least 4 members (excludes halogenated alkanes) is 40. The number of allylic oxidation sites excluding steroid dienone is 1. The predicted octanol–water partition coefficient (Wildman–Crippen LogP) is 18.4. The first kappa shape index (κ1) is 68.8. The fourth-order valence-corrected chi connectivity index (χ4v) is 9.97. The highest BCUT2D eigenvalue weighted by Crippen LogP contribution is 2.43. The number of nitrogens with one attached hydrogen (secondary N) is 1. The van der Waals surface area contributed by atoms with Crippen LogP contribution in [-0.2, 0) is 27.9 Å². The Labute approximate surface area is 435 Å². The molecule has 2 N–H and O–H groups in total. The van der Waals surface area contributed by atoms with E-state index in [1.54, 1.807) is 0 Å². The van der Waals surface area contributed by atoms with Crippen LogP contribution in [0, 0.1) is 0 Å². The normalized spacial score (nSPS) is 13.8. The quantitative estimate of drug-likeness (QED) is 0.0205. The van der Waals surface area contributed by atoms with E-state index in [1.807, 2.05) is 33.3 Å². The van der Waals surface area contributed by atoms with Crippen molar-refractivity contribution >= 4 is 19.7 Å². The average Bonchev–Trinajstić information content (AvgIpc) is 3.32. The van der Waals surface area contributed by atoms with Gasteiger partial charge in [0.25, 0.3) is 0 Å². The van der Waals surface area contributed by atoms with Crippen LogP contribution in [0.2, 0.25) is 0 Å². The first-order chi connectivity index (χ1) is 33.9. The van der Waals surface area contributed by atoms with Crippen LogP contribution in [0.4, 0.5) is 0 Å². The van der Waals surface area contributed by atoms with E-state index in [4.69, 9.17) is 13.8 Å². The molecule has 0 saturated heterocycles. The lowest BCUT2D eigenvalue weighted by Gasteiger charge is -2.27. The van der Waals surface area contributed by atoms with Gasteiger partial charge in [0.15, 0.2) is 0 Å². The van der Waals surface area contributed by atoms with E-state index in [9.17, 15) is 19.0 Å². The lowest BCUT2D eigenvalue weighted by molar-refractivity contribution is -0.870. The minimum Gasteiger partial charge on any atom is -0.456 e. The van der Waals surface area contributed by atoms with Crippen LogP contribution < -0.4 is 5.32 Å². The van der Waals surface area contributed by atoms with Crippen molar-refractivity contribution in [1.29, 1.82) is 0 Å². The third-order valence-corrected chi connectivity index (χ3v) is 15.0. The highest BCUT2D eigenvalue weighted by atomic mass is 31.2. The van der Waals surface area contributed by atoms with Gasteiger partial charge in [-0.25, -0.2) is 4.57 Å². The molecule has 0 aromatic carbocycles. The van der Waals surface area contributed by atoms with Crippen molar-refractivity contribution in [2.45, 2.75) is 322 Å². The molecule has 0 heterocycles. The maximum Gasteiger partial charge on any atom is 0.472 e. The monoisotopic (exact) mass is 1010 g/mol. The summed E-state index contributed by atoms with van der Waals surface area (Å²) >= 11 is 0. The minimum absolute atomic E-state index is 0.0456. The number of quaternary nitrogens is 1. The van der Waals surface area contributed by atoms with Crippen molar-refractivity contribution in [2.24, 2.45) is 0 Å². The number of hydrogen-bond acceptors (Lipinski definition) is 6. The number of phosphoric acid groups is 1. The number of carbonyl (C=O) groups excluding carboxylic acids is 2. The van der Waals surface area contributed by atoms with E-state index >= 15 is 0 Å². The Balaban J connectivity index is 5.21. The van der Waals surface area contributed by atoms with Crippen LogP contribution >= 0.6 is 7.82 Å². The molecule has 10 heteroatoms. The summed E-state index contributed by atoms with van der Waals surface area (Å²) in [7, 11) is 1.52. The number of nitrogens with zero attached hydrogens (tertiary/aromatic N) is 1. The summed E-state index contributed by atoms with van der Waals surface area (Å²) in [6, 6.07) is -0.838. The molecule has 0 saturated carbocycles. The van der Waals surface area contributed by atoms with Crippen LogP contribution in [0.15, 0.2) is 12.2 Å². The molecule has 1 amide bonds. The zero-order valence-electron chi connectivity index (χ0n) is 47.5. The molecule has 3 unspecified atom stereocenters. The highest BCUT2D eigenvalue weighted by molar-refractivity contribution is 7.47. The predicted molar refractivity (Wildman–Crippen MR) is 300 cm³/mol. The Morgan fingerprint density at radius 2 is 0.814 bits per heavy atom. The molecule has 0 aliphatic heterocycles. The third kappa shape index (κ3) is 51.6. The van der Waals surface area contributed by atoms with Crippen molar-refractivity contribution in [3.05, 3.63) is 12.2 Å². The molecule has 0 aliphatic carbocycles. The van der Waals surface area contributed by atoms with E-state index in [0.29, 0.717) is 23.9 Å². The lowest BCUT2D eigenvalue weighted by atomic mass is 10.0. The van der Waals surface area contributed by atoms with Crippen LogP contribution in [0.1, 0.15) is 310 Å². The maximum absolute atomic E-state index is 13.5. The van der Waals surface area contributed by atoms with Gasteiger partial charge in [0.05, 0.1) is 33.8 Å². The summed E-state index contributed by atoms with van der Waals surface area (Å²) in [4.78, 5) is 37.6. The molecule has 0 radical (unpaired) electrons. The summed E-state index contributed by atoms with van der Waals surface area (Å²) in [6.45, 7) is 7.06. The lowest BCUT2D eigenvalue weighted by Crippen LogP contribution is -2.47. The van der Waals surface area contributed by atoms with Gasteiger partial charge in [-0.1, -0.05) is 277 Å². The number of hydrogen-bond donors (Lipinski definition) is 2. The van der Waals surface area contributed by atoms with E-state index in [2.05, 4.69) is 26.1 Å². The highest BCUT2D eigenvalue weighted by Gasteiger charge is 2.30. The van der Waals surface area contributed by atoms with Crippen LogP contribution in [0.5, 0.6) is 0 Å². The van der Waals surface area contributed by atoms with Crippen molar-refractivity contribution in [3.8, 4) is 0 Å². The summed E-state index contributed by atoms with van der Waals surface area (Å²) < 4.78 is 30.7. The maximum atomic E-state index is 13.5. The number of esters is 1. The van der Waals surface area contributed by atoms with E-state index < -0.39 is 20.0 Å². The number of likely N-dealkylation sites (N-methyl/N-ethyl adjacent to an activating group) is 1. The van der Waals surface area contributed by atoms with E-state index in [1.165, 1.54) is 218 Å². The van der Waals surface area contributed by atoms with Crippen LogP contribution in [0.3, 0.4) is 0 Å². The van der Waals surface area contributed by atoms with E-state index in [0.717, 1.165) is 57.8 Å². The second-order valence-corrected chi connectivity index (χ2v) is 23.7. The Kier molecular flexibility index (Phi) is 50.3. The Morgan fingerprint density at radius 1 is 0.486 bits per heavy atom. The fourth-order valence-electron chi connectivity index (χ4n) is 9.24. The summed E-state index contributed by atoms with van der Waals surface area (Å²) in [5, 5.41) is 3.06. The zero-order valence-corrected chi connectivity index (χ0v) is 48.4. The molecular weight excluding hydrogens is 892 g/mol. The minimum atomic E-state index is -4.44. The number of rotatable bonds is 56. The molecule has 0 aromatic heterocycles. The van der Waals surface area contributed by atoms with Gasteiger partial charge in [0.2, 0.25) is 5.91 Å². The zero-order chi connectivity index (χ0) is 51.5. The summed E-state index contributed by atoms with van der Waals surface area (Å²) in [6.07, 6.45) is 57.7. The molecule has 0 fully saturated rings. The SMILES string of the molecule is CCCCCCCCCCCC/C=C\C(OC(=O)CCCCCCCCCCCCCCCCCCCCC)C(COP(=O)(O)OCC[N+](C)(C)C)NC(=O)CCCCCCCCCCCCCCC. The molecule has 0 bridgehead atoms. The van der Waals surface area contributed by atoms with Gasteiger partial charge in [-0.2, -0.15) is 0 Å². The molecule has 0 rings (SSSR count). The molecule has 0 aliphatic rings. The smallest absolute Gasteiger partial charge is 0.456 e. The standard InChI is InChI=1S/C60H119N2O7P/c1-7-10-13-16-19-22-25-28-29-30-31-32-33-35-38-41-44-47-50-53-60(64)69-58(51-48-45-42-39-36-27-24-21-18-15-12-9-3)57(56-68-70(65,66)67-55-54-62(4,5)6)61-59(63)52-49-46-43-40-37-34-26-23-20-17-14-11-8-2/h48,51,57-58H,7-47,49-50,52-56H2,1-6H3,(H-,61,63,65,66)/p+1/b51-48-. The number of ether oxygens (including phenoxy) is 1. The number of carbonyl (C=O) groups is 2. The van der Waals surface area contributed by atoms with Crippen LogP contribution in [-0.4, -0.2) is 74.3 Å². The van der Waals surface area contributed by atoms with Gasteiger partial charge < -0.3 is 19.4 Å². The molecule has 0 aromatic rings. The second-order valence-electron chi connectivity index (χ2n) is 22.2. The third-order valence-electron chi connectivity index (χ3n) is 14.0. The second kappa shape index (κ2) is 51.2. The first-order valence-electron chi connectivity index (χ1n) is 30.5. The van der Waals surface area contributed by atoms with Crippen LogP contribution in [0.25, 0.3) is 0 Å². The van der Waals surface area contributed by atoms with E-state index in [-0.39, 0.29) is 25.1 Å². The number of amides is 1. The van der Waals surface area contributed by atoms with Crippen molar-refractivity contribution < 1.29 is 37.3 Å². The molecule has 3 atom stereocenters. The fraction of sp³-hybridized carbons (Fsp3) is 0.933. The number of phosphoric ester groups is 1. The van der Waals surface area contributed by atoms with Gasteiger partial charge in [-0.05, 0) is 31.8 Å². The Morgan fingerprint density at radius 3 is 1.17 bits per heavy atom. The summed E-state index contributed by atoms with van der Waals surface area (Å²) in [5.41, 5.74) is 0. The molecule has 70 heavy (non-hydrogen) atoms. The van der Waals surface area contributed by atoms with Gasteiger partial charge >= 0.3 is 13.8 Å². The van der Waals surface area contributed by atoms with Gasteiger partial charge in [-0.3, -0.25) is 18.6 Å². The molecular formula is C60H120N2O7P+. The van der Waals surface area contributed by atoms with Crippen molar-refractivity contribution in [1.82, 2.24) is 5.32 Å². The van der Waals surface area contributed by atoms with Gasteiger partial charge in [-0.15, -0.1) is 0 Å². The first-order valence-corrected chi connectivity index (χ1v) is 32.0. The molecule has 9 nitrogen and oxygen atoms in total. The van der Waals surface area contributed by atoms with Gasteiger partial charge in [0, 0.05) is 12.8 Å². The van der Waals surface area contributed by atoms with Crippen molar-refractivity contribution in [3.63, 3.8) is 0 Å². The van der Waals surface area contributed by atoms with Crippen molar-refractivity contribution in [2.75, 3.05) is 40.9 Å². The topological polar surface area (TPSA) is 111 Å².